The number of carbonyl (C=O) groups excluding carboxylic acids is 9. The van der Waals surface area contributed by atoms with E-state index >= 15 is 0 Å². The van der Waals surface area contributed by atoms with E-state index in [-0.39, 0.29) is 89.5 Å². The van der Waals surface area contributed by atoms with Gasteiger partial charge in [0.1, 0.15) is 42.3 Å². The van der Waals surface area contributed by atoms with Gasteiger partial charge in [0, 0.05) is 32.6 Å². The van der Waals surface area contributed by atoms with Gasteiger partial charge in [-0.2, -0.15) is 0 Å². The largest absolute Gasteiger partial charge is 0.481 e. The number of unbranched alkanes of at least 4 members (excludes halogenated alkanes) is 1. The van der Waals surface area contributed by atoms with E-state index in [1.807, 2.05) is 13.8 Å². The standard InChI is InChI=1S/C46H76N14O15/c1-25(2)21-26(48)38(67)52-23-34(61)58-18-6-11-31(58)42(71)56-28(10-5-17-51-46(49)50)40(69)55-29(14-15-36(63)64)41(70)54-27(9-3-4-16-47)39(68)53-24-35(62)59-19-7-12-32(59)43(72)57-30(22-37(65)66)44(73)60-20-8-13-33(60)45(74)75/h25-33H,3-24,47-48H2,1-2H3,(H,52,67)(H,53,68)(H,54,70)(H,55,69)(H,56,71)(H,57,72)(H,63,64)(H,65,66)(H,74,75)(H4,49,50,51)/t26-,27-,28-,29-,30-,31-,32-,33-/m0/s1. The van der Waals surface area contributed by atoms with Gasteiger partial charge in [-0.25, -0.2) is 4.79 Å². The van der Waals surface area contributed by atoms with Gasteiger partial charge >= 0.3 is 17.9 Å². The van der Waals surface area contributed by atoms with Crippen LogP contribution >= 0.6 is 0 Å². The molecule has 0 unspecified atom stereocenters. The van der Waals surface area contributed by atoms with Gasteiger partial charge < -0.3 is 84.9 Å². The van der Waals surface area contributed by atoms with Crippen molar-refractivity contribution < 1.29 is 72.9 Å². The summed E-state index contributed by atoms with van der Waals surface area (Å²) in [5.41, 5.74) is 22.5. The number of likely N-dealkylation sites (tertiary alicyclic amines) is 3. The van der Waals surface area contributed by atoms with Crippen LogP contribution in [-0.2, 0) is 57.5 Å². The zero-order chi connectivity index (χ0) is 55.9. The van der Waals surface area contributed by atoms with Crippen LogP contribution in [0.3, 0.4) is 0 Å². The highest BCUT2D eigenvalue weighted by Crippen LogP contribution is 2.22. The Hall–Kier alpha value is -7.17. The second kappa shape index (κ2) is 30.9. The van der Waals surface area contributed by atoms with Crippen LogP contribution in [0, 0.1) is 5.92 Å². The Balaban J connectivity index is 1.75. The summed E-state index contributed by atoms with van der Waals surface area (Å²) in [6, 6.07) is -10.3. The number of hydrogen-bond donors (Lipinski definition) is 13. The van der Waals surface area contributed by atoms with Gasteiger partial charge in [-0.3, -0.25) is 57.7 Å². The van der Waals surface area contributed by atoms with Crippen molar-refractivity contribution in [2.24, 2.45) is 33.8 Å². The molecular weight excluding hydrogens is 989 g/mol. The molecule has 0 bridgehead atoms. The maximum atomic E-state index is 14.1. The van der Waals surface area contributed by atoms with Gasteiger partial charge in [0.15, 0.2) is 5.96 Å². The number of carboxylic acid groups (broad SMARTS) is 3. The molecule has 8 atom stereocenters. The normalized spacial score (nSPS) is 19.2. The van der Waals surface area contributed by atoms with Crippen LogP contribution in [0.15, 0.2) is 4.99 Å². The molecule has 0 aromatic carbocycles. The molecule has 29 heteroatoms. The number of carbonyl (C=O) groups is 12. The summed E-state index contributed by atoms with van der Waals surface area (Å²) in [4.78, 5) is 164. The molecule has 0 saturated carbocycles. The Morgan fingerprint density at radius 1 is 0.587 bits per heavy atom. The number of carboxylic acids is 3. The van der Waals surface area contributed by atoms with Crippen molar-refractivity contribution in [2.75, 3.05) is 45.8 Å². The van der Waals surface area contributed by atoms with Gasteiger partial charge in [-0.05, 0) is 95.9 Å². The first-order valence-corrected chi connectivity index (χ1v) is 25.3. The Kier molecular flexibility index (Phi) is 25.6. The van der Waals surface area contributed by atoms with Crippen molar-refractivity contribution in [1.82, 2.24) is 46.6 Å². The molecule has 29 nitrogen and oxygen atoms in total. The number of aliphatic imine (C=N–C) groups is 1. The molecule has 0 aromatic heterocycles. The van der Waals surface area contributed by atoms with Crippen molar-refractivity contribution >= 4 is 77.0 Å². The lowest BCUT2D eigenvalue weighted by Gasteiger charge is -2.29. The SMILES string of the molecule is CC(C)C[C@H](N)C(=O)NCC(=O)N1CCC[C@H]1C(=O)N[C@@H](CCCN=C(N)N)C(=O)N[C@@H](CCC(=O)O)C(=O)N[C@@H](CCCCN)C(=O)NCC(=O)N1CCC[C@H]1C(=O)N[C@@H](CC(=O)O)C(=O)N1CCC[C@H]1C(=O)O. The summed E-state index contributed by atoms with van der Waals surface area (Å²) >= 11 is 0. The molecular formula is C46H76N14O15. The molecule has 0 spiro atoms. The smallest absolute Gasteiger partial charge is 0.326 e. The number of rotatable bonds is 31. The number of aliphatic carboxylic acids is 3. The number of nitrogens with one attached hydrogen (secondary N) is 6. The van der Waals surface area contributed by atoms with E-state index in [0.29, 0.717) is 32.1 Å². The zero-order valence-electron chi connectivity index (χ0n) is 42.6. The first kappa shape index (κ1) is 62.1. The topological polar surface area (TPSA) is 464 Å². The summed E-state index contributed by atoms with van der Waals surface area (Å²) in [5.74, 6) is -11.3. The van der Waals surface area contributed by atoms with Crippen LogP contribution in [0.2, 0.25) is 0 Å². The second-order valence-electron chi connectivity index (χ2n) is 19.2. The van der Waals surface area contributed by atoms with Crippen LogP contribution in [0.4, 0.5) is 0 Å². The van der Waals surface area contributed by atoms with Gasteiger partial charge in [0.2, 0.25) is 53.2 Å². The van der Waals surface area contributed by atoms with Crippen LogP contribution in [0.25, 0.3) is 0 Å². The molecule has 3 aliphatic heterocycles. The molecule has 0 aromatic rings. The van der Waals surface area contributed by atoms with Crippen LogP contribution in [0.5, 0.6) is 0 Å². The van der Waals surface area contributed by atoms with Gasteiger partial charge in [-0.15, -0.1) is 0 Å². The molecule has 0 aliphatic carbocycles. The molecule has 0 radical (unpaired) electrons. The number of amides is 9. The molecule has 420 valence electrons. The minimum Gasteiger partial charge on any atom is -0.481 e. The second-order valence-corrected chi connectivity index (χ2v) is 19.2. The van der Waals surface area contributed by atoms with Crippen molar-refractivity contribution in [2.45, 2.75) is 158 Å². The van der Waals surface area contributed by atoms with Crippen LogP contribution < -0.4 is 54.8 Å². The average molecular weight is 1070 g/mol. The highest BCUT2D eigenvalue weighted by Gasteiger charge is 2.42. The molecule has 9 amide bonds. The van der Waals surface area contributed by atoms with Crippen LogP contribution in [-0.4, -0.2) is 201 Å². The van der Waals surface area contributed by atoms with Crippen molar-refractivity contribution in [3.05, 3.63) is 0 Å². The van der Waals surface area contributed by atoms with E-state index in [9.17, 15) is 72.9 Å². The zero-order valence-corrected chi connectivity index (χ0v) is 42.6. The third-order valence-electron chi connectivity index (χ3n) is 12.9. The Bertz CT molecular complexity index is 2110. The molecule has 3 aliphatic rings. The van der Waals surface area contributed by atoms with E-state index in [2.05, 4.69) is 36.9 Å². The number of hydrogen-bond acceptors (Lipinski definition) is 15. The number of nitrogens with zero attached hydrogens (tertiary/aromatic N) is 4. The predicted molar refractivity (Wildman–Crippen MR) is 265 cm³/mol. The van der Waals surface area contributed by atoms with E-state index in [1.165, 1.54) is 4.90 Å². The molecule has 3 rings (SSSR count). The summed E-state index contributed by atoms with van der Waals surface area (Å²) < 4.78 is 0. The van der Waals surface area contributed by atoms with Crippen molar-refractivity contribution in [3.63, 3.8) is 0 Å². The average Bonchev–Trinajstić information content (AvgIpc) is 4.16. The number of nitrogens with two attached hydrogens (primary N) is 4. The Morgan fingerprint density at radius 3 is 1.56 bits per heavy atom. The molecule has 75 heavy (non-hydrogen) atoms. The van der Waals surface area contributed by atoms with Gasteiger partial charge in [-0.1, -0.05) is 13.8 Å². The Morgan fingerprint density at radius 2 is 1.07 bits per heavy atom. The first-order valence-electron chi connectivity index (χ1n) is 25.3. The molecule has 3 saturated heterocycles. The fourth-order valence-corrected chi connectivity index (χ4v) is 9.09. The van der Waals surface area contributed by atoms with Gasteiger partial charge in [0.25, 0.3) is 0 Å². The highest BCUT2D eigenvalue weighted by molar-refractivity contribution is 5.98. The quantitative estimate of drug-likeness (QED) is 0.0176. The maximum Gasteiger partial charge on any atom is 0.326 e. The van der Waals surface area contributed by atoms with E-state index in [0.717, 1.165) is 9.80 Å². The minimum atomic E-state index is -1.64. The van der Waals surface area contributed by atoms with Gasteiger partial charge in [0.05, 0.1) is 25.6 Å². The first-order chi connectivity index (χ1) is 35.4. The molecule has 17 N–H and O–H groups in total. The third kappa shape index (κ3) is 20.2. The van der Waals surface area contributed by atoms with Crippen molar-refractivity contribution in [3.8, 4) is 0 Å². The Labute approximate surface area is 433 Å². The lowest BCUT2D eigenvalue weighted by atomic mass is 10.0. The summed E-state index contributed by atoms with van der Waals surface area (Å²) in [6.07, 6.45) is 0.638. The molecule has 3 fully saturated rings. The summed E-state index contributed by atoms with van der Waals surface area (Å²) in [5, 5.41) is 43.6. The lowest BCUT2D eigenvalue weighted by molar-refractivity contribution is -0.151. The fraction of sp³-hybridized carbons (Fsp3) is 0.717. The monoisotopic (exact) mass is 1060 g/mol. The maximum absolute atomic E-state index is 14.1. The highest BCUT2D eigenvalue weighted by atomic mass is 16.4. The van der Waals surface area contributed by atoms with E-state index in [4.69, 9.17) is 22.9 Å². The van der Waals surface area contributed by atoms with E-state index in [1.54, 1.807) is 0 Å². The fourth-order valence-electron chi connectivity index (χ4n) is 9.09. The summed E-state index contributed by atoms with van der Waals surface area (Å²) in [6.45, 7) is 3.13. The predicted octanol–water partition coefficient (Wildman–Crippen LogP) is -4.89. The minimum absolute atomic E-state index is 0.0228. The molecule has 3 heterocycles. The van der Waals surface area contributed by atoms with Crippen LogP contribution in [0.1, 0.15) is 110 Å². The van der Waals surface area contributed by atoms with E-state index < -0.39 is 152 Å². The third-order valence-corrected chi connectivity index (χ3v) is 12.9. The van der Waals surface area contributed by atoms with Crippen molar-refractivity contribution in [1.29, 1.82) is 0 Å². The number of guanidine groups is 1. The summed E-state index contributed by atoms with van der Waals surface area (Å²) in [7, 11) is 0. The lowest BCUT2D eigenvalue weighted by Crippen LogP contribution is -2.59.